The van der Waals surface area contributed by atoms with Crippen LogP contribution in [-0.2, 0) is 20.8 Å². The average Bonchev–Trinajstić information content (AvgIpc) is 2.97. The molecule has 0 spiro atoms. The molecule has 1 heterocycles. The monoisotopic (exact) mass is 655 g/mol. The fourth-order valence-electron chi connectivity index (χ4n) is 6.35. The molecule has 0 unspecified atom stereocenters. The summed E-state index contributed by atoms with van der Waals surface area (Å²) in [4.78, 5) is 16.8. The Morgan fingerprint density at radius 3 is 1.64 bits per heavy atom. The van der Waals surface area contributed by atoms with E-state index in [1.807, 2.05) is 30.3 Å². The number of benzene rings is 7. The Bertz CT molecular complexity index is 2820. The fraction of sp³-hybridized carbons (Fsp3) is 0. The molecule has 45 heavy (non-hydrogen) atoms. The minimum Gasteiger partial charge on any atom is -0.716 e. The van der Waals surface area contributed by atoms with Crippen LogP contribution < -0.4 is 72.9 Å². The number of H-pyrrole nitrogens is 1. The van der Waals surface area contributed by atoms with E-state index in [2.05, 4.69) is 4.98 Å². The summed E-state index contributed by atoms with van der Waals surface area (Å²) in [7, 11) is -10.6. The van der Waals surface area contributed by atoms with E-state index in [4.69, 9.17) is 8.37 Å². The standard InChI is InChI=1S/C31H17NO9S2.2Na/c33-29-19-6-2-1-5-15(19)16-13-14-24-26-17(9-11-22(29)25(16)26)18-10-12-23-27(28(18)32-24)31(41-43(37,38)39)21-8-4-3-7-20(21)30(23)40-42(34,35)36;;/h1-14,32H,(H,34,35,36)(H,37,38,39);;/q;2*+1/p-2. The number of rotatable bonds is 4. The van der Waals surface area contributed by atoms with Gasteiger partial charge in [-0.2, -0.15) is 0 Å². The molecule has 212 valence electrons. The molecule has 0 saturated carbocycles. The van der Waals surface area contributed by atoms with Crippen molar-refractivity contribution in [2.75, 3.05) is 0 Å². The number of hydrogen-bond acceptors (Lipinski definition) is 9. The Labute approximate surface area is 298 Å². The van der Waals surface area contributed by atoms with Crippen LogP contribution in [0.2, 0.25) is 0 Å². The molecule has 0 aliphatic rings. The fourth-order valence-corrected chi connectivity index (χ4v) is 7.12. The number of hydrogen-bond donors (Lipinski definition) is 1. The van der Waals surface area contributed by atoms with Gasteiger partial charge in [-0.3, -0.25) is 4.79 Å². The van der Waals surface area contributed by atoms with Crippen molar-refractivity contribution in [2.45, 2.75) is 0 Å². The third-order valence-electron chi connectivity index (χ3n) is 7.88. The van der Waals surface area contributed by atoms with Crippen molar-refractivity contribution in [1.82, 2.24) is 4.98 Å². The van der Waals surface area contributed by atoms with Gasteiger partial charge in [-0.1, -0.05) is 66.7 Å². The summed E-state index contributed by atoms with van der Waals surface area (Å²) in [5.41, 5.74) is 0.749. The second-order valence-electron chi connectivity index (χ2n) is 10.2. The maximum Gasteiger partial charge on any atom is 1.00 e. The van der Waals surface area contributed by atoms with Gasteiger partial charge in [0.1, 0.15) is 0 Å². The molecule has 0 amide bonds. The third kappa shape index (κ3) is 4.97. The van der Waals surface area contributed by atoms with Gasteiger partial charge >= 0.3 is 59.1 Å². The Morgan fingerprint density at radius 2 is 0.978 bits per heavy atom. The van der Waals surface area contributed by atoms with Crippen molar-refractivity contribution in [2.24, 2.45) is 0 Å². The molecule has 10 nitrogen and oxygen atoms in total. The zero-order chi connectivity index (χ0) is 29.8. The Balaban J connectivity index is 0.00000179. The van der Waals surface area contributed by atoms with Crippen molar-refractivity contribution in [3.8, 4) is 11.5 Å². The molecule has 8 rings (SSSR count). The van der Waals surface area contributed by atoms with E-state index in [9.17, 15) is 30.7 Å². The summed E-state index contributed by atoms with van der Waals surface area (Å²) >= 11 is 0. The van der Waals surface area contributed by atoms with Gasteiger partial charge in [0.15, 0.2) is 16.9 Å². The van der Waals surface area contributed by atoms with E-state index in [1.165, 1.54) is 30.3 Å². The molecule has 1 aromatic heterocycles. The first-order valence-corrected chi connectivity index (χ1v) is 15.5. The normalized spacial score (nSPS) is 12.3. The second kappa shape index (κ2) is 11.1. The van der Waals surface area contributed by atoms with Crippen molar-refractivity contribution in [1.29, 1.82) is 0 Å². The molecule has 0 fully saturated rings. The molecule has 0 aliphatic heterocycles. The van der Waals surface area contributed by atoms with E-state index >= 15 is 0 Å². The predicted molar refractivity (Wildman–Crippen MR) is 161 cm³/mol. The smallest absolute Gasteiger partial charge is 0.716 e. The van der Waals surface area contributed by atoms with Crippen molar-refractivity contribution in [3.63, 3.8) is 0 Å². The molecule has 7 aromatic carbocycles. The van der Waals surface area contributed by atoms with Crippen LogP contribution in [0.1, 0.15) is 0 Å². The summed E-state index contributed by atoms with van der Waals surface area (Å²) in [6.07, 6.45) is 0. The van der Waals surface area contributed by atoms with Crippen LogP contribution >= 0.6 is 0 Å². The zero-order valence-corrected chi connectivity index (χ0v) is 29.2. The van der Waals surface area contributed by atoms with Gasteiger partial charge in [0.05, 0.1) is 10.9 Å². The molecule has 0 atom stereocenters. The van der Waals surface area contributed by atoms with Gasteiger partial charge in [-0.05, 0) is 34.4 Å². The van der Waals surface area contributed by atoms with Crippen LogP contribution in [0.4, 0.5) is 0 Å². The summed E-state index contributed by atoms with van der Waals surface area (Å²) in [6, 6.07) is 23.6. The van der Waals surface area contributed by atoms with E-state index in [1.54, 1.807) is 24.3 Å². The molecule has 1 N–H and O–H groups in total. The van der Waals surface area contributed by atoms with Crippen LogP contribution in [0.3, 0.4) is 0 Å². The first-order valence-electron chi connectivity index (χ1n) is 12.8. The van der Waals surface area contributed by atoms with E-state index < -0.39 is 20.8 Å². The van der Waals surface area contributed by atoms with E-state index in [0.717, 1.165) is 21.5 Å². The van der Waals surface area contributed by atoms with Crippen molar-refractivity contribution in [3.05, 3.63) is 95.2 Å². The number of pyridine rings is 1. The quantitative estimate of drug-likeness (QED) is 0.0871. The summed E-state index contributed by atoms with van der Waals surface area (Å²) < 4.78 is 81.2. The van der Waals surface area contributed by atoms with Gasteiger partial charge < -0.3 is 22.5 Å². The van der Waals surface area contributed by atoms with Gasteiger partial charge in [0.25, 0.3) is 20.8 Å². The molecule has 0 saturated heterocycles. The maximum absolute atomic E-state index is 13.5. The number of aromatic amines is 1. The van der Waals surface area contributed by atoms with Crippen molar-refractivity contribution >= 4 is 96.5 Å². The minimum absolute atomic E-state index is 0. The van der Waals surface area contributed by atoms with Crippen LogP contribution in [0.15, 0.2) is 89.7 Å². The zero-order valence-electron chi connectivity index (χ0n) is 23.6. The van der Waals surface area contributed by atoms with Gasteiger partial charge in [0.2, 0.25) is 0 Å². The molecule has 8 aromatic rings. The molecule has 0 bridgehead atoms. The van der Waals surface area contributed by atoms with Crippen LogP contribution in [-0.4, -0.2) is 30.9 Å². The van der Waals surface area contributed by atoms with Crippen LogP contribution in [0.5, 0.6) is 11.5 Å². The molecular formula is C31H15NNa2O9S2. The average molecular weight is 656 g/mol. The molecular weight excluding hydrogens is 640 g/mol. The van der Waals surface area contributed by atoms with E-state index in [0.29, 0.717) is 27.1 Å². The second-order valence-corrected chi connectivity index (χ2v) is 12.1. The largest absolute Gasteiger partial charge is 1.00 e. The third-order valence-corrected chi connectivity index (χ3v) is 8.62. The van der Waals surface area contributed by atoms with Crippen LogP contribution in [0.25, 0.3) is 75.7 Å². The summed E-state index contributed by atoms with van der Waals surface area (Å²) in [5.74, 6) is -0.710. The number of fused-ring (bicyclic) bond motifs is 7. The summed E-state index contributed by atoms with van der Waals surface area (Å²) in [6.45, 7) is 0. The van der Waals surface area contributed by atoms with E-state index in [-0.39, 0.29) is 103 Å². The topological polar surface area (TPSA) is 166 Å². The van der Waals surface area contributed by atoms with Gasteiger partial charge in [-0.15, -0.1) is 0 Å². The number of nitrogens with one attached hydrogen (secondary N) is 1. The molecule has 14 heteroatoms. The molecule has 0 aliphatic carbocycles. The minimum atomic E-state index is -5.31. The Kier molecular flexibility index (Phi) is 7.85. The van der Waals surface area contributed by atoms with Crippen LogP contribution in [0, 0.1) is 0 Å². The molecule has 0 radical (unpaired) electrons. The predicted octanol–water partition coefficient (Wildman–Crippen LogP) is -0.429. The van der Waals surface area contributed by atoms with Crippen molar-refractivity contribution < 1.29 is 93.4 Å². The maximum atomic E-state index is 13.5. The van der Waals surface area contributed by atoms with Gasteiger partial charge in [-0.25, -0.2) is 16.8 Å². The van der Waals surface area contributed by atoms with Gasteiger partial charge in [0, 0.05) is 48.6 Å². The first-order chi connectivity index (χ1) is 20.5. The SMILES string of the molecule is O=c1c2ccccc2c2ccc3[nH]c4c(ccc5c(OS(=O)(=O)[O-])c6ccccc6c(OS(=O)(=O)[O-])c54)c4ccc1c2c34.[Na+].[Na+]. The first kappa shape index (κ1) is 32.0. The number of aromatic nitrogens is 1. The summed E-state index contributed by atoms with van der Waals surface area (Å²) in [5, 5.41) is 5.65. The Hall–Kier alpha value is -3.01. The Morgan fingerprint density at radius 1 is 0.489 bits per heavy atom.